The monoisotopic (exact) mass is 454 g/mol. The van der Waals surface area contributed by atoms with Gasteiger partial charge in [0.1, 0.15) is 12.4 Å². The Balaban J connectivity index is 1.76. The zero-order chi connectivity index (χ0) is 23.3. The summed E-state index contributed by atoms with van der Waals surface area (Å²) in [6.07, 6.45) is 2.88. The minimum atomic E-state index is 0.554. The van der Waals surface area contributed by atoms with E-state index in [1.807, 2.05) is 34.0 Å². The maximum absolute atomic E-state index is 6.35. The minimum absolute atomic E-state index is 0.554. The zero-order valence-electron chi connectivity index (χ0n) is 19.7. The number of halogens is 1. The Hall–Kier alpha value is -2.77. The van der Waals surface area contributed by atoms with Crippen LogP contribution in [0.25, 0.3) is 0 Å². The number of nitrogens with zero attached hydrogens (tertiary/aromatic N) is 5. The molecule has 0 spiro atoms. The molecule has 2 aromatic heterocycles. The van der Waals surface area contributed by atoms with Gasteiger partial charge in [0.15, 0.2) is 0 Å². The molecule has 0 radical (unpaired) electrons. The molecule has 1 N–H and O–H groups in total. The van der Waals surface area contributed by atoms with E-state index in [9.17, 15) is 0 Å². The van der Waals surface area contributed by atoms with Crippen LogP contribution in [0.3, 0.4) is 0 Å². The molecule has 0 unspecified atom stereocenters. The number of nitrogens with one attached hydrogen (secondary N) is 1. The lowest BCUT2D eigenvalue weighted by atomic mass is 9.95. The Morgan fingerprint density at radius 3 is 2.59 bits per heavy atom. The summed E-state index contributed by atoms with van der Waals surface area (Å²) in [4.78, 5) is 16.7. The Bertz CT molecular complexity index is 1110. The molecule has 0 bridgehead atoms. The molecule has 8 heteroatoms. The molecule has 0 aliphatic heterocycles. The van der Waals surface area contributed by atoms with Gasteiger partial charge in [-0.25, -0.2) is 9.97 Å². The van der Waals surface area contributed by atoms with Gasteiger partial charge in [-0.15, -0.1) is 0 Å². The Kier molecular flexibility index (Phi) is 7.99. The number of aryl methyl sites for hydroxylation is 3. The number of hydrogen-bond acceptors (Lipinski definition) is 6. The summed E-state index contributed by atoms with van der Waals surface area (Å²) in [7, 11) is 4.02. The van der Waals surface area contributed by atoms with E-state index in [4.69, 9.17) is 21.4 Å². The van der Waals surface area contributed by atoms with Gasteiger partial charge in [-0.05, 0) is 70.6 Å². The largest absolute Gasteiger partial charge is 0.394 e. The zero-order valence-corrected chi connectivity index (χ0v) is 20.4. The van der Waals surface area contributed by atoms with Crippen LogP contribution >= 0.6 is 11.6 Å². The van der Waals surface area contributed by atoms with Crippen molar-refractivity contribution in [3.05, 3.63) is 74.6 Å². The highest BCUT2D eigenvalue weighted by Gasteiger charge is 2.12. The quantitative estimate of drug-likeness (QED) is 0.297. The molecule has 1 aromatic carbocycles. The number of hydrogen-bond donors (Lipinski definition) is 1. The van der Waals surface area contributed by atoms with Gasteiger partial charge < -0.3 is 9.74 Å². The van der Waals surface area contributed by atoms with Gasteiger partial charge in [0.25, 0.3) is 0 Å². The molecule has 0 amide bonds. The first-order valence-electron chi connectivity index (χ1n) is 10.7. The number of H-pyrrole nitrogens is 1. The van der Waals surface area contributed by atoms with Gasteiger partial charge in [-0.3, -0.25) is 5.10 Å². The highest BCUT2D eigenvalue weighted by Crippen LogP contribution is 2.21. The average molecular weight is 455 g/mol. The van der Waals surface area contributed by atoms with Crippen molar-refractivity contribution < 1.29 is 4.84 Å². The summed E-state index contributed by atoms with van der Waals surface area (Å²) in [5, 5.41) is 12.1. The van der Waals surface area contributed by atoms with Crippen LogP contribution in [0.4, 0.5) is 0 Å². The number of aromatic amines is 1. The smallest absolute Gasteiger partial charge is 0.133 e. The molecule has 170 valence electrons. The van der Waals surface area contributed by atoms with Crippen LogP contribution in [-0.2, 0) is 17.7 Å². The van der Waals surface area contributed by atoms with Gasteiger partial charge in [-0.1, -0.05) is 22.8 Å². The van der Waals surface area contributed by atoms with E-state index >= 15 is 0 Å². The predicted octanol–water partition coefficient (Wildman–Crippen LogP) is 4.26. The maximum Gasteiger partial charge on any atom is 0.133 e. The first-order valence-corrected chi connectivity index (χ1v) is 11.0. The molecule has 0 saturated heterocycles. The fourth-order valence-electron chi connectivity index (χ4n) is 3.43. The Labute approximate surface area is 194 Å². The van der Waals surface area contributed by atoms with Crippen molar-refractivity contribution in [2.75, 3.05) is 27.2 Å². The molecule has 0 aliphatic rings. The van der Waals surface area contributed by atoms with Crippen molar-refractivity contribution in [3.8, 4) is 0 Å². The molecule has 0 saturated carbocycles. The third-order valence-electron chi connectivity index (χ3n) is 5.23. The third kappa shape index (κ3) is 6.37. The van der Waals surface area contributed by atoms with E-state index in [0.29, 0.717) is 24.5 Å². The molecule has 0 aliphatic carbocycles. The van der Waals surface area contributed by atoms with Gasteiger partial charge in [0.05, 0.1) is 22.1 Å². The van der Waals surface area contributed by atoms with Crippen molar-refractivity contribution in [2.45, 2.75) is 40.5 Å². The number of aromatic nitrogens is 4. The molecule has 2 heterocycles. The highest BCUT2D eigenvalue weighted by atomic mass is 35.5. The van der Waals surface area contributed by atoms with Crippen molar-refractivity contribution in [1.29, 1.82) is 0 Å². The number of benzene rings is 1. The first kappa shape index (κ1) is 23.9. The van der Waals surface area contributed by atoms with Crippen LogP contribution in [0, 0.1) is 20.8 Å². The lowest BCUT2D eigenvalue weighted by Gasteiger charge is -2.13. The molecule has 0 fully saturated rings. The van der Waals surface area contributed by atoms with E-state index in [-0.39, 0.29) is 0 Å². The van der Waals surface area contributed by atoms with Gasteiger partial charge in [0, 0.05) is 36.8 Å². The molecular formula is C24H31ClN6O. The van der Waals surface area contributed by atoms with E-state index < -0.39 is 0 Å². The second-order valence-corrected chi connectivity index (χ2v) is 8.79. The summed E-state index contributed by atoms with van der Waals surface area (Å²) in [6, 6.07) is 6.33. The van der Waals surface area contributed by atoms with E-state index in [2.05, 4.69) is 51.2 Å². The minimum Gasteiger partial charge on any atom is -0.394 e. The predicted molar refractivity (Wildman–Crippen MR) is 129 cm³/mol. The fourth-order valence-corrected chi connectivity index (χ4v) is 3.59. The Morgan fingerprint density at radius 1 is 1.12 bits per heavy atom. The van der Waals surface area contributed by atoms with Crippen LogP contribution in [0.1, 0.15) is 52.1 Å². The second kappa shape index (κ2) is 10.7. The number of likely N-dealkylation sites (N-methyl/N-ethyl adjacent to an activating group) is 1. The van der Waals surface area contributed by atoms with Crippen molar-refractivity contribution in [3.63, 3.8) is 0 Å². The van der Waals surface area contributed by atoms with Crippen LogP contribution in [-0.4, -0.2) is 58.0 Å². The van der Waals surface area contributed by atoms with Gasteiger partial charge in [-0.2, -0.15) is 5.10 Å². The summed E-state index contributed by atoms with van der Waals surface area (Å²) in [6.45, 7) is 9.53. The molecule has 32 heavy (non-hydrogen) atoms. The van der Waals surface area contributed by atoms with Crippen molar-refractivity contribution >= 4 is 17.3 Å². The molecule has 7 nitrogen and oxygen atoms in total. The third-order valence-corrected chi connectivity index (χ3v) is 5.54. The lowest BCUT2D eigenvalue weighted by molar-refractivity contribution is 0.126. The standard InChI is InChI=1S/C24H31ClN6O/c1-15-10-21(18(4)30-32-8-7-31(5)6)16(2)9-19(15)12-24-26-14-22(25)23(27-24)13-20-11-17(3)28-29-20/h9-11,14H,7-8,12-13H2,1-6H3,(H,28,29)/b30-18+. The number of oxime groups is 1. The van der Waals surface area contributed by atoms with Gasteiger partial charge in [0.2, 0.25) is 0 Å². The molecule has 0 atom stereocenters. The fraction of sp³-hybridized carbons (Fsp3) is 0.417. The summed E-state index contributed by atoms with van der Waals surface area (Å²) in [5.74, 6) is 0.740. The summed E-state index contributed by atoms with van der Waals surface area (Å²) >= 11 is 6.35. The van der Waals surface area contributed by atoms with E-state index in [0.717, 1.165) is 51.9 Å². The molecule has 3 rings (SSSR count). The van der Waals surface area contributed by atoms with Gasteiger partial charge >= 0.3 is 0 Å². The first-order chi connectivity index (χ1) is 15.2. The van der Waals surface area contributed by atoms with Crippen LogP contribution in [0.2, 0.25) is 5.02 Å². The number of rotatable bonds is 9. The maximum atomic E-state index is 6.35. The van der Waals surface area contributed by atoms with Crippen LogP contribution in [0.15, 0.2) is 29.6 Å². The normalized spacial score (nSPS) is 11.9. The SMILES string of the molecule is C/C(=N\OCCN(C)C)c1cc(C)c(Cc2ncc(Cl)c(Cc3cc(C)[nH]n3)n2)cc1C. The van der Waals surface area contributed by atoms with E-state index in [1.165, 1.54) is 5.56 Å². The van der Waals surface area contributed by atoms with Crippen LogP contribution in [0.5, 0.6) is 0 Å². The Morgan fingerprint density at radius 2 is 1.91 bits per heavy atom. The summed E-state index contributed by atoms with van der Waals surface area (Å²) in [5.41, 5.74) is 8.15. The van der Waals surface area contributed by atoms with Crippen LogP contribution < -0.4 is 0 Å². The molecule has 3 aromatic rings. The lowest BCUT2D eigenvalue weighted by Crippen LogP contribution is -2.17. The van der Waals surface area contributed by atoms with Crippen molar-refractivity contribution in [1.82, 2.24) is 25.1 Å². The molecular weight excluding hydrogens is 424 g/mol. The summed E-state index contributed by atoms with van der Waals surface area (Å²) < 4.78 is 0. The highest BCUT2D eigenvalue weighted by molar-refractivity contribution is 6.31. The van der Waals surface area contributed by atoms with Crippen molar-refractivity contribution in [2.24, 2.45) is 5.16 Å². The second-order valence-electron chi connectivity index (χ2n) is 8.38. The van der Waals surface area contributed by atoms with E-state index in [1.54, 1.807) is 6.20 Å². The topological polar surface area (TPSA) is 79.3 Å². The average Bonchev–Trinajstić information content (AvgIpc) is 3.14.